The zero-order chi connectivity index (χ0) is 22.8. The molecule has 0 unspecified atom stereocenters. The van der Waals surface area contributed by atoms with Crippen molar-refractivity contribution in [1.29, 1.82) is 0 Å². The minimum Gasteiger partial charge on any atom is -0.349 e. The monoisotopic (exact) mass is 466 g/mol. The van der Waals surface area contributed by atoms with E-state index in [-0.39, 0.29) is 5.82 Å². The number of nitrogens with zero attached hydrogens (tertiary/aromatic N) is 3. The Morgan fingerprint density at radius 2 is 1.97 bits per heavy atom. The molecule has 4 N–H and O–H groups in total. The van der Waals surface area contributed by atoms with E-state index < -0.39 is 11.8 Å². The van der Waals surface area contributed by atoms with Crippen LogP contribution >= 0.6 is 11.3 Å². The summed E-state index contributed by atoms with van der Waals surface area (Å²) in [7, 11) is 0. The standard InChI is InChI=1S/C23H23FN6O2S/c1-23(25)12-31-21(32-13-23)20-29-18(14-4-6-15(24)7-5-14)19(30-20)17-8-9-26-22(28-17)27-11-16-3-2-10-33-16/h2-10,21H,11-13,25H2,1H3,(H,29,30)(H,26,27,28). The van der Waals surface area contributed by atoms with Crippen molar-refractivity contribution in [1.82, 2.24) is 19.9 Å². The van der Waals surface area contributed by atoms with Crippen LogP contribution < -0.4 is 11.1 Å². The van der Waals surface area contributed by atoms with E-state index in [9.17, 15) is 4.39 Å². The van der Waals surface area contributed by atoms with Crippen molar-refractivity contribution in [3.8, 4) is 22.6 Å². The van der Waals surface area contributed by atoms with Crippen molar-refractivity contribution >= 4 is 17.3 Å². The van der Waals surface area contributed by atoms with Crippen LogP contribution in [0, 0.1) is 5.82 Å². The Bertz CT molecular complexity index is 1220. The summed E-state index contributed by atoms with van der Waals surface area (Å²) in [6.45, 7) is 3.17. The maximum Gasteiger partial charge on any atom is 0.223 e. The molecule has 1 aliphatic heterocycles. The number of halogens is 1. The highest BCUT2D eigenvalue weighted by atomic mass is 32.1. The van der Waals surface area contributed by atoms with Gasteiger partial charge in [-0.05, 0) is 48.7 Å². The van der Waals surface area contributed by atoms with E-state index in [2.05, 4.69) is 20.3 Å². The summed E-state index contributed by atoms with van der Waals surface area (Å²) in [6, 6.07) is 12.0. The summed E-state index contributed by atoms with van der Waals surface area (Å²) >= 11 is 1.66. The molecule has 33 heavy (non-hydrogen) atoms. The fourth-order valence-electron chi connectivity index (χ4n) is 3.45. The fraction of sp³-hybridized carbons (Fsp3) is 0.261. The Morgan fingerprint density at radius 1 is 1.18 bits per heavy atom. The summed E-state index contributed by atoms with van der Waals surface area (Å²) in [5.41, 5.74) is 8.18. The highest BCUT2D eigenvalue weighted by Crippen LogP contribution is 2.33. The second kappa shape index (κ2) is 8.99. The quantitative estimate of drug-likeness (QED) is 0.392. The average Bonchev–Trinajstić information content (AvgIpc) is 3.49. The Morgan fingerprint density at radius 3 is 2.70 bits per heavy atom. The third-order valence-electron chi connectivity index (χ3n) is 5.10. The first-order valence-corrected chi connectivity index (χ1v) is 11.3. The first-order chi connectivity index (χ1) is 16.0. The van der Waals surface area contributed by atoms with Crippen molar-refractivity contribution in [3.05, 3.63) is 70.6 Å². The van der Waals surface area contributed by atoms with Gasteiger partial charge in [-0.1, -0.05) is 6.07 Å². The number of aromatic nitrogens is 4. The van der Waals surface area contributed by atoms with Gasteiger partial charge in [0, 0.05) is 16.6 Å². The van der Waals surface area contributed by atoms with Crippen molar-refractivity contribution in [3.63, 3.8) is 0 Å². The number of H-pyrrole nitrogens is 1. The van der Waals surface area contributed by atoms with Crippen LogP contribution in [0.4, 0.5) is 10.3 Å². The third kappa shape index (κ3) is 4.93. The number of anilines is 1. The van der Waals surface area contributed by atoms with Crippen LogP contribution in [0.3, 0.4) is 0 Å². The molecule has 0 atom stereocenters. The largest absolute Gasteiger partial charge is 0.349 e. The number of benzene rings is 1. The fourth-order valence-corrected chi connectivity index (χ4v) is 4.09. The average molecular weight is 467 g/mol. The number of thiophene rings is 1. The predicted molar refractivity (Wildman–Crippen MR) is 124 cm³/mol. The molecular weight excluding hydrogens is 443 g/mol. The lowest BCUT2D eigenvalue weighted by molar-refractivity contribution is -0.211. The van der Waals surface area contributed by atoms with Crippen LogP contribution in [-0.4, -0.2) is 38.7 Å². The van der Waals surface area contributed by atoms with Gasteiger partial charge in [-0.25, -0.2) is 19.3 Å². The number of nitrogens with two attached hydrogens (primary N) is 1. The van der Waals surface area contributed by atoms with E-state index in [1.165, 1.54) is 17.0 Å². The van der Waals surface area contributed by atoms with Crippen LogP contribution in [-0.2, 0) is 16.0 Å². The Labute approximate surface area is 194 Å². The number of aromatic amines is 1. The number of hydrogen-bond donors (Lipinski definition) is 3. The minimum atomic E-state index is -0.687. The molecule has 0 bridgehead atoms. The molecule has 0 radical (unpaired) electrons. The molecule has 4 heterocycles. The molecule has 1 fully saturated rings. The predicted octanol–water partition coefficient (Wildman–Crippen LogP) is 4.11. The summed E-state index contributed by atoms with van der Waals surface area (Å²) in [6.07, 6.45) is 0.995. The Balaban J connectivity index is 1.48. The molecule has 5 rings (SSSR count). The highest BCUT2D eigenvalue weighted by molar-refractivity contribution is 7.09. The topological polar surface area (TPSA) is 111 Å². The van der Waals surface area contributed by atoms with Gasteiger partial charge in [-0.3, -0.25) is 0 Å². The molecule has 8 nitrogen and oxygen atoms in total. The van der Waals surface area contributed by atoms with Gasteiger partial charge >= 0.3 is 0 Å². The van der Waals surface area contributed by atoms with Crippen molar-refractivity contribution in [2.75, 3.05) is 18.5 Å². The van der Waals surface area contributed by atoms with E-state index in [4.69, 9.17) is 20.2 Å². The lowest BCUT2D eigenvalue weighted by Crippen LogP contribution is -2.50. The summed E-state index contributed by atoms with van der Waals surface area (Å²) in [5, 5.41) is 5.27. The van der Waals surface area contributed by atoms with Gasteiger partial charge in [0.15, 0.2) is 5.82 Å². The van der Waals surface area contributed by atoms with E-state index >= 15 is 0 Å². The minimum absolute atomic E-state index is 0.320. The van der Waals surface area contributed by atoms with E-state index in [1.54, 1.807) is 35.7 Å². The smallest absolute Gasteiger partial charge is 0.223 e. The van der Waals surface area contributed by atoms with E-state index in [0.717, 1.165) is 5.56 Å². The normalized spacial score (nSPS) is 20.6. The first-order valence-electron chi connectivity index (χ1n) is 10.4. The van der Waals surface area contributed by atoms with Gasteiger partial charge in [-0.15, -0.1) is 11.3 Å². The number of ether oxygens (including phenoxy) is 2. The molecule has 0 saturated carbocycles. The van der Waals surface area contributed by atoms with Crippen LogP contribution in [0.25, 0.3) is 22.6 Å². The Hall–Kier alpha value is -3.18. The second-order valence-electron chi connectivity index (χ2n) is 8.16. The number of imidazole rings is 1. The van der Waals surface area contributed by atoms with Crippen molar-refractivity contribution in [2.45, 2.75) is 25.3 Å². The molecule has 4 aromatic rings. The van der Waals surface area contributed by atoms with Gasteiger partial charge < -0.3 is 25.5 Å². The summed E-state index contributed by atoms with van der Waals surface area (Å²) < 4.78 is 25.1. The number of rotatable bonds is 6. The molecule has 0 amide bonds. The molecule has 3 aromatic heterocycles. The zero-order valence-corrected chi connectivity index (χ0v) is 18.7. The number of hydrogen-bond acceptors (Lipinski definition) is 8. The number of nitrogens with one attached hydrogen (secondary N) is 2. The zero-order valence-electron chi connectivity index (χ0n) is 17.9. The van der Waals surface area contributed by atoms with Crippen LogP contribution in [0.15, 0.2) is 54.0 Å². The van der Waals surface area contributed by atoms with E-state index in [1.807, 2.05) is 24.4 Å². The molecule has 1 saturated heterocycles. The van der Waals surface area contributed by atoms with Crippen LogP contribution in [0.2, 0.25) is 0 Å². The summed E-state index contributed by atoms with van der Waals surface area (Å²) in [4.78, 5) is 18.2. The van der Waals surface area contributed by atoms with Gasteiger partial charge in [0.05, 0.1) is 42.4 Å². The van der Waals surface area contributed by atoms with Crippen LogP contribution in [0.1, 0.15) is 23.9 Å². The molecular formula is C23H23FN6O2S. The lowest BCUT2D eigenvalue weighted by Gasteiger charge is -2.33. The van der Waals surface area contributed by atoms with Gasteiger partial charge in [0.2, 0.25) is 12.2 Å². The first kappa shape index (κ1) is 21.7. The molecule has 0 aliphatic carbocycles. The second-order valence-corrected chi connectivity index (χ2v) is 9.19. The molecule has 10 heteroatoms. The highest BCUT2D eigenvalue weighted by Gasteiger charge is 2.32. The Kier molecular flexibility index (Phi) is 5.90. The van der Waals surface area contributed by atoms with E-state index in [0.29, 0.717) is 48.6 Å². The lowest BCUT2D eigenvalue weighted by atomic mass is 10.1. The van der Waals surface area contributed by atoms with Crippen molar-refractivity contribution in [2.24, 2.45) is 5.73 Å². The molecule has 170 valence electrons. The van der Waals surface area contributed by atoms with Crippen LogP contribution in [0.5, 0.6) is 0 Å². The third-order valence-corrected chi connectivity index (χ3v) is 5.98. The molecule has 0 spiro atoms. The maximum absolute atomic E-state index is 13.5. The van der Waals surface area contributed by atoms with Crippen molar-refractivity contribution < 1.29 is 13.9 Å². The summed E-state index contributed by atoms with van der Waals surface area (Å²) in [5.74, 6) is 0.664. The van der Waals surface area contributed by atoms with Gasteiger partial charge in [0.1, 0.15) is 5.82 Å². The molecule has 1 aromatic carbocycles. The van der Waals surface area contributed by atoms with Gasteiger partial charge in [0.25, 0.3) is 0 Å². The SMILES string of the molecule is CC1(N)COC(c2nc(-c3ccc(F)cc3)c(-c3ccnc(NCc4cccs4)n3)[nH]2)OC1. The molecule has 1 aliphatic rings. The van der Waals surface area contributed by atoms with Gasteiger partial charge in [-0.2, -0.15) is 0 Å². The maximum atomic E-state index is 13.5.